The quantitative estimate of drug-likeness (QED) is 0.786. The van der Waals surface area contributed by atoms with Crippen molar-refractivity contribution in [2.75, 3.05) is 0 Å². The summed E-state index contributed by atoms with van der Waals surface area (Å²) < 4.78 is 20.4. The number of amides is 1. The number of hydrogen-bond donors (Lipinski definition) is 2. The molecule has 1 amide bonds. The van der Waals surface area contributed by atoms with Crippen molar-refractivity contribution in [2.45, 2.75) is 70.1 Å². The Kier molecular flexibility index (Phi) is 5.31. The standard InChI is InChI=1S/C21H27FN2O3S/c1-21(2,26)13-3-5-15(6-4-13)24-20(25)12-7-16(8-12)27-17-9-14(22)10-18-19(17)23-11-28-18/h9-13,15-16,26H,3-8H2,1-2H3,(H,24,25)/t12-,13-,15-,16-. The Hall–Kier alpha value is -1.73. The molecule has 0 aliphatic heterocycles. The average molecular weight is 407 g/mol. The minimum Gasteiger partial charge on any atom is -0.488 e. The predicted octanol–water partition coefficient (Wildman–Crippen LogP) is 4.04. The van der Waals surface area contributed by atoms with Crippen molar-refractivity contribution in [3.63, 3.8) is 0 Å². The molecule has 0 radical (unpaired) electrons. The van der Waals surface area contributed by atoms with Crippen LogP contribution in [0.4, 0.5) is 4.39 Å². The molecule has 0 bridgehead atoms. The van der Waals surface area contributed by atoms with E-state index >= 15 is 0 Å². The zero-order valence-corrected chi connectivity index (χ0v) is 17.1. The second-order valence-electron chi connectivity index (χ2n) is 8.72. The van der Waals surface area contributed by atoms with Gasteiger partial charge in [-0.3, -0.25) is 4.79 Å². The number of rotatable bonds is 5. The van der Waals surface area contributed by atoms with Crippen molar-refractivity contribution < 1.29 is 19.0 Å². The first-order chi connectivity index (χ1) is 13.3. The molecule has 1 aromatic carbocycles. The van der Waals surface area contributed by atoms with Crippen LogP contribution in [-0.4, -0.2) is 33.7 Å². The van der Waals surface area contributed by atoms with Crippen LogP contribution in [0.15, 0.2) is 17.6 Å². The first kappa shape index (κ1) is 19.6. The van der Waals surface area contributed by atoms with Crippen molar-refractivity contribution in [3.05, 3.63) is 23.5 Å². The third-order valence-corrected chi connectivity index (χ3v) is 6.97. The molecular formula is C21H27FN2O3S. The molecule has 2 fully saturated rings. The maximum atomic E-state index is 13.7. The molecule has 1 aromatic heterocycles. The molecule has 2 aliphatic rings. The molecule has 4 rings (SSSR count). The van der Waals surface area contributed by atoms with E-state index in [0.717, 1.165) is 30.4 Å². The second kappa shape index (κ2) is 7.59. The van der Waals surface area contributed by atoms with E-state index in [1.165, 1.54) is 23.5 Å². The van der Waals surface area contributed by atoms with E-state index in [2.05, 4.69) is 10.3 Å². The van der Waals surface area contributed by atoms with E-state index in [-0.39, 0.29) is 29.8 Å². The highest BCUT2D eigenvalue weighted by Gasteiger charge is 2.38. The molecule has 2 N–H and O–H groups in total. The predicted molar refractivity (Wildman–Crippen MR) is 107 cm³/mol. The minimum absolute atomic E-state index is 0.0449. The van der Waals surface area contributed by atoms with Crippen LogP contribution >= 0.6 is 11.3 Å². The molecule has 2 aliphatic carbocycles. The smallest absolute Gasteiger partial charge is 0.223 e. The van der Waals surface area contributed by atoms with Gasteiger partial charge in [0.2, 0.25) is 5.91 Å². The average Bonchev–Trinajstić information content (AvgIpc) is 3.05. The third kappa shape index (κ3) is 4.15. The molecule has 152 valence electrons. The fourth-order valence-corrected chi connectivity index (χ4v) is 5.03. The van der Waals surface area contributed by atoms with Gasteiger partial charge >= 0.3 is 0 Å². The summed E-state index contributed by atoms with van der Waals surface area (Å²) in [5.41, 5.74) is 1.72. The first-order valence-corrected chi connectivity index (χ1v) is 10.9. The van der Waals surface area contributed by atoms with Crippen LogP contribution in [0.1, 0.15) is 52.4 Å². The molecule has 0 saturated heterocycles. The summed E-state index contributed by atoms with van der Waals surface area (Å²) in [6.07, 6.45) is 4.92. The van der Waals surface area contributed by atoms with Gasteiger partial charge in [0.1, 0.15) is 23.2 Å². The van der Waals surface area contributed by atoms with Crippen LogP contribution in [0.2, 0.25) is 0 Å². The molecule has 7 heteroatoms. The third-order valence-electron chi connectivity index (χ3n) is 6.20. The van der Waals surface area contributed by atoms with Gasteiger partial charge in [0.25, 0.3) is 0 Å². The molecule has 0 spiro atoms. The van der Waals surface area contributed by atoms with E-state index < -0.39 is 5.60 Å². The summed E-state index contributed by atoms with van der Waals surface area (Å²) in [4.78, 5) is 16.8. The van der Waals surface area contributed by atoms with Crippen LogP contribution in [0.25, 0.3) is 10.2 Å². The maximum absolute atomic E-state index is 13.7. The minimum atomic E-state index is -0.646. The van der Waals surface area contributed by atoms with Gasteiger partial charge in [-0.05, 0) is 64.4 Å². The molecule has 0 unspecified atom stereocenters. The number of fused-ring (bicyclic) bond motifs is 1. The summed E-state index contributed by atoms with van der Waals surface area (Å²) in [6, 6.07) is 3.03. The van der Waals surface area contributed by atoms with Gasteiger partial charge in [-0.1, -0.05) is 0 Å². The van der Waals surface area contributed by atoms with Gasteiger partial charge < -0.3 is 15.2 Å². The number of carbonyl (C=O) groups is 1. The van der Waals surface area contributed by atoms with E-state index in [9.17, 15) is 14.3 Å². The van der Waals surface area contributed by atoms with Gasteiger partial charge in [0, 0.05) is 18.0 Å². The zero-order chi connectivity index (χ0) is 19.9. The number of ether oxygens (including phenoxy) is 1. The number of aliphatic hydroxyl groups is 1. The van der Waals surface area contributed by atoms with Crippen molar-refractivity contribution in [1.29, 1.82) is 0 Å². The van der Waals surface area contributed by atoms with Gasteiger partial charge in [-0.15, -0.1) is 11.3 Å². The Labute approximate surface area is 168 Å². The lowest BCUT2D eigenvalue weighted by molar-refractivity contribution is -0.131. The van der Waals surface area contributed by atoms with E-state index in [4.69, 9.17) is 4.74 Å². The van der Waals surface area contributed by atoms with Gasteiger partial charge in [0.15, 0.2) is 0 Å². The van der Waals surface area contributed by atoms with Crippen molar-refractivity contribution >= 4 is 27.5 Å². The Balaban J connectivity index is 1.25. The maximum Gasteiger partial charge on any atom is 0.223 e. The SMILES string of the molecule is CC(C)(O)[C@H]1CC[C@H](NC(=O)[C@H]2C[C@H](Oc3cc(F)cc4scnc34)C2)CC1. The van der Waals surface area contributed by atoms with Crippen LogP contribution in [0.5, 0.6) is 5.75 Å². The van der Waals surface area contributed by atoms with Crippen LogP contribution in [0.3, 0.4) is 0 Å². The second-order valence-corrected chi connectivity index (χ2v) is 9.61. The monoisotopic (exact) mass is 406 g/mol. The van der Waals surface area contributed by atoms with Crippen LogP contribution in [0, 0.1) is 17.7 Å². The highest BCUT2D eigenvalue weighted by molar-refractivity contribution is 7.16. The largest absolute Gasteiger partial charge is 0.488 e. The molecule has 28 heavy (non-hydrogen) atoms. The number of carbonyl (C=O) groups excluding carboxylic acids is 1. The number of benzene rings is 1. The molecule has 2 aromatic rings. The highest BCUT2D eigenvalue weighted by atomic mass is 32.1. The van der Waals surface area contributed by atoms with Gasteiger partial charge in [0.05, 0.1) is 15.8 Å². The summed E-state index contributed by atoms with van der Waals surface area (Å²) >= 11 is 1.38. The number of hydrogen-bond acceptors (Lipinski definition) is 5. The van der Waals surface area contributed by atoms with E-state index in [1.807, 2.05) is 13.8 Å². The number of halogens is 1. The summed E-state index contributed by atoms with van der Waals surface area (Å²) in [6.45, 7) is 3.73. The number of nitrogens with one attached hydrogen (secondary N) is 1. The number of nitrogens with zero attached hydrogens (tertiary/aromatic N) is 1. The van der Waals surface area contributed by atoms with E-state index in [0.29, 0.717) is 30.0 Å². The Bertz CT molecular complexity index is 849. The lowest BCUT2D eigenvalue weighted by Crippen LogP contribution is -2.48. The van der Waals surface area contributed by atoms with Crippen LogP contribution in [-0.2, 0) is 4.79 Å². The molecule has 5 nitrogen and oxygen atoms in total. The van der Waals surface area contributed by atoms with Crippen LogP contribution < -0.4 is 10.1 Å². The summed E-state index contributed by atoms with van der Waals surface area (Å²) in [7, 11) is 0. The Morgan fingerprint density at radius 1 is 1.29 bits per heavy atom. The summed E-state index contributed by atoms with van der Waals surface area (Å²) in [5, 5.41) is 13.3. The lowest BCUT2D eigenvalue weighted by atomic mass is 9.76. The fraction of sp³-hybridized carbons (Fsp3) is 0.619. The zero-order valence-electron chi connectivity index (χ0n) is 16.3. The highest BCUT2D eigenvalue weighted by Crippen LogP contribution is 2.36. The fourth-order valence-electron chi connectivity index (χ4n) is 4.31. The topological polar surface area (TPSA) is 71.5 Å². The molecule has 2 saturated carbocycles. The molecule has 1 heterocycles. The number of thiazole rings is 1. The summed E-state index contributed by atoms with van der Waals surface area (Å²) in [5.74, 6) is 0.476. The van der Waals surface area contributed by atoms with Gasteiger partial charge in [-0.25, -0.2) is 9.37 Å². The molecular weight excluding hydrogens is 379 g/mol. The first-order valence-electron chi connectivity index (χ1n) is 10.0. The van der Waals surface area contributed by atoms with Gasteiger partial charge in [-0.2, -0.15) is 0 Å². The normalized spacial score (nSPS) is 28.0. The van der Waals surface area contributed by atoms with Crippen molar-refractivity contribution in [1.82, 2.24) is 10.3 Å². The Morgan fingerprint density at radius 2 is 2.00 bits per heavy atom. The molecule has 0 atom stereocenters. The van der Waals surface area contributed by atoms with Crippen molar-refractivity contribution in [3.8, 4) is 5.75 Å². The van der Waals surface area contributed by atoms with Crippen molar-refractivity contribution in [2.24, 2.45) is 11.8 Å². The Morgan fingerprint density at radius 3 is 2.68 bits per heavy atom. The number of aromatic nitrogens is 1. The van der Waals surface area contributed by atoms with E-state index in [1.54, 1.807) is 5.51 Å². The lowest BCUT2D eigenvalue weighted by Gasteiger charge is -2.38.